The first-order valence-electron chi connectivity index (χ1n) is 16.8. The molecule has 12 heteroatoms. The first-order valence-corrected chi connectivity index (χ1v) is 17.6. The molecule has 3 aromatic rings. The van der Waals surface area contributed by atoms with Crippen molar-refractivity contribution in [3.8, 4) is 23.5 Å². The molecule has 2 spiro atoms. The summed E-state index contributed by atoms with van der Waals surface area (Å²) in [5.74, 6) is 2.82. The maximum absolute atomic E-state index is 10.1. The van der Waals surface area contributed by atoms with Crippen LogP contribution in [0.25, 0.3) is 11.5 Å². The molecule has 0 aromatic carbocycles. The lowest BCUT2D eigenvalue weighted by Gasteiger charge is -2.40. The van der Waals surface area contributed by atoms with E-state index in [0.717, 1.165) is 93.8 Å². The summed E-state index contributed by atoms with van der Waals surface area (Å²) in [7, 11) is 6.15. The zero-order chi connectivity index (χ0) is 31.8. The summed E-state index contributed by atoms with van der Waals surface area (Å²) in [5.41, 5.74) is 9.64. The molecule has 0 unspecified atom stereocenters. The lowest BCUT2D eigenvalue weighted by molar-refractivity contribution is 0.0174. The number of hydrogen-bond donors (Lipinski definition) is 1. The second-order valence-electron chi connectivity index (χ2n) is 14.2. The van der Waals surface area contributed by atoms with Crippen LogP contribution in [0.4, 0.5) is 10.8 Å². The number of anilines is 2. The number of likely N-dealkylation sites (N-methyl/N-ethyl adjacent to an activating group) is 2. The van der Waals surface area contributed by atoms with Crippen molar-refractivity contribution >= 4 is 22.2 Å². The number of ether oxygens (including phenoxy) is 2. The number of thiophene rings is 1. The van der Waals surface area contributed by atoms with Gasteiger partial charge in [0.1, 0.15) is 23.0 Å². The summed E-state index contributed by atoms with van der Waals surface area (Å²) in [5, 5.41) is 15.4. The van der Waals surface area contributed by atoms with Crippen molar-refractivity contribution in [2.45, 2.75) is 93.9 Å². The van der Waals surface area contributed by atoms with Crippen LogP contribution in [0.5, 0.6) is 5.88 Å². The van der Waals surface area contributed by atoms with Crippen molar-refractivity contribution in [1.29, 1.82) is 5.26 Å². The molecule has 0 amide bonds. The molecule has 11 nitrogen and oxygen atoms in total. The maximum atomic E-state index is 10.1. The molecule has 0 radical (unpaired) electrons. The monoisotopic (exact) mass is 644 g/mol. The Bertz CT molecular complexity index is 1690. The maximum Gasteiger partial charge on any atom is 0.219 e. The molecular formula is C34H44N8O3S. The summed E-state index contributed by atoms with van der Waals surface area (Å²) in [6.45, 7) is 5.89. The lowest BCUT2D eigenvalue weighted by Crippen LogP contribution is -2.53. The van der Waals surface area contributed by atoms with Gasteiger partial charge in [0, 0.05) is 55.3 Å². The molecule has 8 rings (SSSR count). The molecule has 1 saturated carbocycles. The Balaban J connectivity index is 1.20. The van der Waals surface area contributed by atoms with Crippen LogP contribution in [0.2, 0.25) is 0 Å². The second kappa shape index (κ2) is 11.2. The highest BCUT2D eigenvalue weighted by Gasteiger charge is 2.51. The van der Waals surface area contributed by atoms with Gasteiger partial charge in [-0.05, 0) is 84.4 Å². The summed E-state index contributed by atoms with van der Waals surface area (Å²) in [6, 6.07) is 4.55. The number of likely N-dealkylation sites (tertiary alicyclic amines) is 1. The molecule has 5 heterocycles. The number of nitrogen functional groups attached to an aromatic ring is 1. The van der Waals surface area contributed by atoms with Crippen molar-refractivity contribution in [2.75, 3.05) is 58.0 Å². The third kappa shape index (κ3) is 4.65. The van der Waals surface area contributed by atoms with Crippen LogP contribution < -0.4 is 15.4 Å². The molecule has 5 aliphatic rings. The zero-order valence-electron chi connectivity index (χ0n) is 27.3. The SMILES string of the molecule is CO[C@H]1CCN(C)[C@@H]1[C@H](C)Oc1cc(N2CCN(C)C3(CC3)C2)nc(-c2noc3c2CCC[C@@]32CCCc3sc(N)c(C#N)c32)n1. The Morgan fingerprint density at radius 2 is 1.93 bits per heavy atom. The van der Waals surface area contributed by atoms with Crippen LogP contribution in [-0.2, 0) is 23.0 Å². The normalized spacial score (nSPS) is 27.8. The summed E-state index contributed by atoms with van der Waals surface area (Å²) < 4.78 is 18.8. The third-order valence-corrected chi connectivity index (χ3v) is 12.7. The molecule has 0 bridgehead atoms. The topological polar surface area (TPSA) is 130 Å². The highest BCUT2D eigenvalue weighted by atomic mass is 32.1. The molecule has 2 N–H and O–H groups in total. The fraction of sp³-hybridized carbons (Fsp3) is 0.647. The Morgan fingerprint density at radius 1 is 1.13 bits per heavy atom. The minimum absolute atomic E-state index is 0.108. The van der Waals surface area contributed by atoms with Gasteiger partial charge in [0.25, 0.3) is 0 Å². The highest BCUT2D eigenvalue weighted by molar-refractivity contribution is 7.16. The molecule has 3 aromatic heterocycles. The first kappa shape index (κ1) is 30.1. The van der Waals surface area contributed by atoms with E-state index in [1.54, 1.807) is 18.4 Å². The largest absolute Gasteiger partial charge is 0.473 e. The Hall–Kier alpha value is -3.24. The number of aromatic nitrogens is 3. The van der Waals surface area contributed by atoms with E-state index in [-0.39, 0.29) is 23.8 Å². The van der Waals surface area contributed by atoms with Gasteiger partial charge in [-0.3, -0.25) is 9.80 Å². The number of fused-ring (bicyclic) bond motifs is 4. The van der Waals surface area contributed by atoms with Crippen LogP contribution in [0, 0.1) is 11.3 Å². The van der Waals surface area contributed by atoms with E-state index >= 15 is 0 Å². The molecule has 46 heavy (non-hydrogen) atoms. The predicted molar refractivity (Wildman–Crippen MR) is 176 cm³/mol. The van der Waals surface area contributed by atoms with Crippen molar-refractivity contribution in [2.24, 2.45) is 0 Å². The smallest absolute Gasteiger partial charge is 0.219 e. The predicted octanol–water partition coefficient (Wildman–Crippen LogP) is 4.38. The standard InChI is InChI=1S/C34H44N8O3S/c1-20(29-23(43-4)9-14-40(29)2)44-26-17-25(42-16-15-41(3)33(19-42)12-13-33)37-32(38-26)28-21-7-5-10-34(30(21)45-39-28)11-6-8-24-27(34)22(18-35)31(36)46-24/h17,20,23,29H,5-16,19,36H2,1-4H3/t20-,23-,29+,34-/m0/s1. The molecule has 2 saturated heterocycles. The zero-order valence-corrected chi connectivity index (χ0v) is 28.2. The average molecular weight is 645 g/mol. The van der Waals surface area contributed by atoms with Crippen LogP contribution in [0.15, 0.2) is 10.6 Å². The van der Waals surface area contributed by atoms with Gasteiger partial charge in [-0.25, -0.2) is 4.98 Å². The van der Waals surface area contributed by atoms with Gasteiger partial charge in [0.05, 0.1) is 23.1 Å². The molecule has 3 aliphatic carbocycles. The molecule has 4 atom stereocenters. The van der Waals surface area contributed by atoms with Crippen molar-refractivity contribution in [3.63, 3.8) is 0 Å². The van der Waals surface area contributed by atoms with Gasteiger partial charge in [-0.1, -0.05) is 5.16 Å². The number of aryl methyl sites for hydroxylation is 1. The highest BCUT2D eigenvalue weighted by Crippen LogP contribution is 2.55. The van der Waals surface area contributed by atoms with Gasteiger partial charge >= 0.3 is 0 Å². The Morgan fingerprint density at radius 3 is 2.70 bits per heavy atom. The number of nitriles is 1. The van der Waals surface area contributed by atoms with Crippen LogP contribution >= 0.6 is 11.3 Å². The quantitative estimate of drug-likeness (QED) is 0.411. The van der Waals surface area contributed by atoms with Crippen LogP contribution in [-0.4, -0.2) is 96.1 Å². The summed E-state index contributed by atoms with van der Waals surface area (Å²) >= 11 is 1.56. The fourth-order valence-electron chi connectivity index (χ4n) is 9.01. The fourth-order valence-corrected chi connectivity index (χ4v) is 10.2. The van der Waals surface area contributed by atoms with E-state index in [1.807, 2.05) is 6.07 Å². The number of hydrogen-bond acceptors (Lipinski definition) is 12. The van der Waals surface area contributed by atoms with Gasteiger partial charge < -0.3 is 24.6 Å². The molecule has 3 fully saturated rings. The van der Waals surface area contributed by atoms with Gasteiger partial charge in [-0.15, -0.1) is 11.3 Å². The number of nitrogens with two attached hydrogens (primary N) is 1. The first-order chi connectivity index (χ1) is 22.3. The van der Waals surface area contributed by atoms with Gasteiger partial charge in [-0.2, -0.15) is 10.2 Å². The van der Waals surface area contributed by atoms with Gasteiger partial charge in [0.2, 0.25) is 5.88 Å². The molecule has 244 valence electrons. The van der Waals surface area contributed by atoms with Crippen molar-refractivity contribution in [1.82, 2.24) is 24.9 Å². The van der Waals surface area contributed by atoms with E-state index in [0.29, 0.717) is 28.0 Å². The third-order valence-electron chi connectivity index (χ3n) is 11.7. The molecule has 2 aliphatic heterocycles. The number of nitrogens with zero attached hydrogens (tertiary/aromatic N) is 7. The van der Waals surface area contributed by atoms with Crippen LogP contribution in [0.1, 0.15) is 79.2 Å². The van der Waals surface area contributed by atoms with E-state index < -0.39 is 5.41 Å². The minimum Gasteiger partial charge on any atom is -0.473 e. The summed E-state index contributed by atoms with van der Waals surface area (Å²) in [6.07, 6.45) is 8.96. The lowest BCUT2D eigenvalue weighted by atomic mass is 9.63. The number of methoxy groups -OCH3 is 1. The minimum atomic E-state index is -0.394. The Labute approximate surface area is 274 Å². The summed E-state index contributed by atoms with van der Waals surface area (Å²) in [4.78, 5) is 18.6. The number of rotatable bonds is 6. The second-order valence-corrected chi connectivity index (χ2v) is 15.3. The van der Waals surface area contributed by atoms with E-state index in [2.05, 4.69) is 41.8 Å². The van der Waals surface area contributed by atoms with Gasteiger partial charge in [0.15, 0.2) is 17.3 Å². The number of piperazine rings is 1. The van der Waals surface area contributed by atoms with E-state index in [4.69, 9.17) is 34.9 Å². The average Bonchev–Trinajstić information content (AvgIpc) is 3.35. The van der Waals surface area contributed by atoms with Crippen molar-refractivity contribution < 1.29 is 14.0 Å². The van der Waals surface area contributed by atoms with Crippen LogP contribution in [0.3, 0.4) is 0 Å². The van der Waals surface area contributed by atoms with E-state index in [9.17, 15) is 5.26 Å². The van der Waals surface area contributed by atoms with Crippen molar-refractivity contribution in [3.05, 3.63) is 33.4 Å². The van der Waals surface area contributed by atoms with E-state index in [1.165, 1.54) is 17.7 Å². The Kier molecular flexibility index (Phi) is 7.32. The molecular weight excluding hydrogens is 600 g/mol.